The summed E-state index contributed by atoms with van der Waals surface area (Å²) in [4.78, 5) is 11.2. The Bertz CT molecular complexity index is 391. The average Bonchev–Trinajstić information content (AvgIpc) is 2.22. The van der Waals surface area contributed by atoms with Gasteiger partial charge >= 0.3 is 5.97 Å². The molecule has 2 nitrogen and oxygen atoms in total. The molecule has 0 amide bonds. The molecule has 0 saturated heterocycles. The molecule has 88 valence electrons. The second-order valence-corrected chi connectivity index (χ2v) is 4.69. The number of carboxylic acid groups (broad SMARTS) is 1. The van der Waals surface area contributed by atoms with Gasteiger partial charge in [-0.25, -0.2) is 0 Å². The Balaban J connectivity index is 3.11. The molecule has 0 radical (unpaired) electrons. The molecule has 16 heavy (non-hydrogen) atoms. The first-order valence-electron chi connectivity index (χ1n) is 5.15. The van der Waals surface area contributed by atoms with Gasteiger partial charge in [-0.1, -0.05) is 49.5 Å². The van der Waals surface area contributed by atoms with Crippen molar-refractivity contribution in [3.8, 4) is 0 Å². The number of hydrogen-bond donors (Lipinski definition) is 1. The molecule has 2 unspecified atom stereocenters. The Labute approximate surface area is 105 Å². The summed E-state index contributed by atoms with van der Waals surface area (Å²) in [6.45, 7) is 3.89. The van der Waals surface area contributed by atoms with Crippen LogP contribution in [0.25, 0.3) is 0 Å². The molecule has 4 heteroatoms. The fraction of sp³-hybridized carbons (Fsp3) is 0.417. The minimum atomic E-state index is -0.826. The van der Waals surface area contributed by atoms with Crippen molar-refractivity contribution >= 4 is 29.2 Å². The van der Waals surface area contributed by atoms with E-state index in [1.165, 1.54) is 0 Å². The second-order valence-electron chi connectivity index (χ2n) is 3.87. The fourth-order valence-electron chi connectivity index (χ4n) is 1.66. The maximum absolute atomic E-state index is 11.2. The monoisotopic (exact) mass is 260 g/mol. The molecular weight excluding hydrogens is 247 g/mol. The summed E-state index contributed by atoms with van der Waals surface area (Å²) in [6.07, 6.45) is 0.803. The van der Waals surface area contributed by atoms with Gasteiger partial charge in [0.05, 0.1) is 16.0 Å². The Morgan fingerprint density at radius 3 is 2.44 bits per heavy atom. The van der Waals surface area contributed by atoms with E-state index in [2.05, 4.69) is 0 Å². The van der Waals surface area contributed by atoms with Crippen LogP contribution in [0.4, 0.5) is 0 Å². The Hall–Kier alpha value is -0.730. The van der Waals surface area contributed by atoms with Crippen LogP contribution in [0.15, 0.2) is 18.2 Å². The first-order chi connectivity index (χ1) is 7.47. The largest absolute Gasteiger partial charge is 0.481 e. The van der Waals surface area contributed by atoms with E-state index in [1.54, 1.807) is 18.2 Å². The van der Waals surface area contributed by atoms with Gasteiger partial charge < -0.3 is 5.11 Å². The lowest BCUT2D eigenvalue weighted by molar-refractivity contribution is -0.140. The van der Waals surface area contributed by atoms with E-state index in [9.17, 15) is 9.90 Å². The normalized spacial score (nSPS) is 14.5. The fourth-order valence-corrected chi connectivity index (χ4v) is 1.96. The molecule has 0 spiro atoms. The van der Waals surface area contributed by atoms with Crippen LogP contribution in [0.2, 0.25) is 10.0 Å². The standard InChI is InChI=1S/C12H14Cl2O2/c1-3-7(2)11(12(15)16)8-4-5-9(13)10(14)6-8/h4-7,11H,3H2,1-2H3,(H,15,16). The third-order valence-electron chi connectivity index (χ3n) is 2.78. The van der Waals surface area contributed by atoms with Gasteiger partial charge in [-0.3, -0.25) is 4.79 Å². The van der Waals surface area contributed by atoms with Crippen molar-refractivity contribution in [3.63, 3.8) is 0 Å². The molecule has 1 N–H and O–H groups in total. The molecule has 1 aromatic carbocycles. The van der Waals surface area contributed by atoms with Gasteiger partial charge in [0.15, 0.2) is 0 Å². The number of benzene rings is 1. The van der Waals surface area contributed by atoms with Gasteiger partial charge in [0, 0.05) is 0 Å². The van der Waals surface area contributed by atoms with Crippen molar-refractivity contribution in [1.29, 1.82) is 0 Å². The Morgan fingerprint density at radius 2 is 2.00 bits per heavy atom. The van der Waals surface area contributed by atoms with E-state index < -0.39 is 11.9 Å². The summed E-state index contributed by atoms with van der Waals surface area (Å²) < 4.78 is 0. The molecule has 0 fully saturated rings. The van der Waals surface area contributed by atoms with Crippen molar-refractivity contribution in [2.75, 3.05) is 0 Å². The lowest BCUT2D eigenvalue weighted by Crippen LogP contribution is -2.19. The van der Waals surface area contributed by atoms with Gasteiger partial charge in [-0.05, 0) is 23.6 Å². The topological polar surface area (TPSA) is 37.3 Å². The molecule has 0 bridgehead atoms. The lowest BCUT2D eigenvalue weighted by atomic mass is 9.86. The van der Waals surface area contributed by atoms with Crippen LogP contribution in [0.1, 0.15) is 31.7 Å². The molecule has 0 aliphatic carbocycles. The summed E-state index contributed by atoms with van der Waals surface area (Å²) in [5, 5.41) is 10.1. The molecule has 0 aliphatic rings. The Morgan fingerprint density at radius 1 is 1.38 bits per heavy atom. The summed E-state index contributed by atoms with van der Waals surface area (Å²) in [7, 11) is 0. The zero-order valence-corrected chi connectivity index (χ0v) is 10.7. The minimum Gasteiger partial charge on any atom is -0.481 e. The van der Waals surface area contributed by atoms with Crippen LogP contribution in [0.3, 0.4) is 0 Å². The van der Waals surface area contributed by atoms with Gasteiger partial charge in [0.1, 0.15) is 0 Å². The van der Waals surface area contributed by atoms with Gasteiger partial charge in [0.2, 0.25) is 0 Å². The highest BCUT2D eigenvalue weighted by atomic mass is 35.5. The SMILES string of the molecule is CCC(C)C(C(=O)O)c1ccc(Cl)c(Cl)c1. The van der Waals surface area contributed by atoms with Crippen LogP contribution in [0, 0.1) is 5.92 Å². The van der Waals surface area contributed by atoms with Crippen molar-refractivity contribution in [2.45, 2.75) is 26.2 Å². The highest BCUT2D eigenvalue weighted by Crippen LogP contribution is 2.31. The van der Waals surface area contributed by atoms with Gasteiger partial charge in [-0.15, -0.1) is 0 Å². The summed E-state index contributed by atoms with van der Waals surface area (Å²) >= 11 is 11.7. The molecule has 0 aromatic heterocycles. The molecule has 0 aliphatic heterocycles. The highest BCUT2D eigenvalue weighted by molar-refractivity contribution is 6.42. The molecule has 1 rings (SSSR count). The van der Waals surface area contributed by atoms with E-state index in [0.29, 0.717) is 15.6 Å². The van der Waals surface area contributed by atoms with Crippen molar-refractivity contribution in [3.05, 3.63) is 33.8 Å². The van der Waals surface area contributed by atoms with Crippen molar-refractivity contribution in [1.82, 2.24) is 0 Å². The first kappa shape index (κ1) is 13.3. The number of rotatable bonds is 4. The second kappa shape index (κ2) is 5.55. The van der Waals surface area contributed by atoms with Crippen molar-refractivity contribution in [2.24, 2.45) is 5.92 Å². The number of halogens is 2. The summed E-state index contributed by atoms with van der Waals surface area (Å²) in [5.74, 6) is -1.29. The quantitative estimate of drug-likeness (QED) is 0.881. The average molecular weight is 261 g/mol. The van der Waals surface area contributed by atoms with E-state index in [0.717, 1.165) is 6.42 Å². The highest BCUT2D eigenvalue weighted by Gasteiger charge is 2.25. The molecular formula is C12H14Cl2O2. The predicted octanol–water partition coefficient (Wildman–Crippen LogP) is 4.21. The molecule has 2 atom stereocenters. The lowest BCUT2D eigenvalue weighted by Gasteiger charge is -2.19. The summed E-state index contributed by atoms with van der Waals surface area (Å²) in [5.41, 5.74) is 0.705. The van der Waals surface area contributed by atoms with Crippen LogP contribution in [-0.2, 0) is 4.79 Å². The third-order valence-corrected chi connectivity index (χ3v) is 3.52. The van der Waals surface area contributed by atoms with Crippen LogP contribution < -0.4 is 0 Å². The Kier molecular flexibility index (Phi) is 4.63. The zero-order chi connectivity index (χ0) is 12.3. The van der Waals surface area contributed by atoms with Crippen LogP contribution >= 0.6 is 23.2 Å². The number of carboxylic acids is 1. The molecule has 0 saturated carbocycles. The van der Waals surface area contributed by atoms with E-state index in [1.807, 2.05) is 13.8 Å². The number of carbonyl (C=O) groups is 1. The van der Waals surface area contributed by atoms with Crippen LogP contribution in [0.5, 0.6) is 0 Å². The van der Waals surface area contributed by atoms with Crippen molar-refractivity contribution < 1.29 is 9.90 Å². The zero-order valence-electron chi connectivity index (χ0n) is 9.21. The van der Waals surface area contributed by atoms with Gasteiger partial charge in [-0.2, -0.15) is 0 Å². The summed E-state index contributed by atoms with van der Waals surface area (Å²) in [6, 6.07) is 4.99. The van der Waals surface area contributed by atoms with Gasteiger partial charge in [0.25, 0.3) is 0 Å². The number of aliphatic carboxylic acids is 1. The van der Waals surface area contributed by atoms with Crippen LogP contribution in [-0.4, -0.2) is 11.1 Å². The maximum atomic E-state index is 11.2. The van der Waals surface area contributed by atoms with E-state index in [4.69, 9.17) is 23.2 Å². The smallest absolute Gasteiger partial charge is 0.311 e. The van der Waals surface area contributed by atoms with E-state index in [-0.39, 0.29) is 5.92 Å². The first-order valence-corrected chi connectivity index (χ1v) is 5.90. The van der Waals surface area contributed by atoms with E-state index >= 15 is 0 Å². The minimum absolute atomic E-state index is 0.0646. The molecule has 0 heterocycles. The predicted molar refractivity (Wildman–Crippen MR) is 66.3 cm³/mol. The maximum Gasteiger partial charge on any atom is 0.311 e. The number of hydrogen-bond acceptors (Lipinski definition) is 1. The third kappa shape index (κ3) is 2.89. The molecule has 1 aromatic rings.